The fourth-order valence-corrected chi connectivity index (χ4v) is 4.83. The lowest BCUT2D eigenvalue weighted by Crippen LogP contribution is -2.53. The molecule has 2 fully saturated rings. The number of hydrogen-bond acceptors (Lipinski definition) is 6. The Balaban J connectivity index is 1.25. The summed E-state index contributed by atoms with van der Waals surface area (Å²) in [5, 5.41) is 9.16. The van der Waals surface area contributed by atoms with Crippen LogP contribution in [0.5, 0.6) is 5.75 Å². The molecular weight excluding hydrogens is 432 g/mol. The third kappa shape index (κ3) is 5.78. The lowest BCUT2D eigenvalue weighted by molar-refractivity contribution is -0.135. The van der Waals surface area contributed by atoms with E-state index >= 15 is 0 Å². The van der Waals surface area contributed by atoms with Gasteiger partial charge in [0.1, 0.15) is 24.2 Å². The van der Waals surface area contributed by atoms with Crippen LogP contribution in [-0.4, -0.2) is 72.3 Å². The molecule has 1 aromatic carbocycles. The second kappa shape index (κ2) is 10.7. The molecular formula is C26H32N4O4. The van der Waals surface area contributed by atoms with Gasteiger partial charge in [0.15, 0.2) is 5.76 Å². The Morgan fingerprint density at radius 1 is 1.03 bits per heavy atom. The molecule has 2 amide bonds. The molecule has 0 bridgehead atoms. The minimum Gasteiger partial charge on any atom is -0.484 e. The molecule has 34 heavy (non-hydrogen) atoms. The summed E-state index contributed by atoms with van der Waals surface area (Å²) in [5.74, 6) is 2.39. The fourth-order valence-electron chi connectivity index (χ4n) is 4.83. The van der Waals surface area contributed by atoms with Crippen molar-refractivity contribution in [2.45, 2.75) is 26.9 Å². The van der Waals surface area contributed by atoms with E-state index in [-0.39, 0.29) is 24.2 Å². The normalized spacial score (nSPS) is 21.2. The van der Waals surface area contributed by atoms with Crippen LogP contribution in [0.1, 0.15) is 42.1 Å². The highest BCUT2D eigenvalue weighted by Gasteiger charge is 2.29. The molecule has 4 rings (SSSR count). The topological polar surface area (TPSA) is 90.0 Å². The van der Waals surface area contributed by atoms with Gasteiger partial charge in [0.25, 0.3) is 5.91 Å². The Morgan fingerprint density at radius 2 is 1.74 bits per heavy atom. The number of furan rings is 1. The number of benzene rings is 1. The molecule has 3 heterocycles. The van der Waals surface area contributed by atoms with Crippen molar-refractivity contribution in [3.05, 3.63) is 53.5 Å². The largest absolute Gasteiger partial charge is 0.484 e. The zero-order valence-corrected chi connectivity index (χ0v) is 19.9. The highest BCUT2D eigenvalue weighted by Crippen LogP contribution is 2.22. The van der Waals surface area contributed by atoms with Gasteiger partial charge in [0, 0.05) is 39.3 Å². The van der Waals surface area contributed by atoms with Gasteiger partial charge in [-0.05, 0) is 42.5 Å². The lowest BCUT2D eigenvalue weighted by Gasteiger charge is -2.38. The maximum atomic E-state index is 12.9. The SMILES string of the molecule is CC1CC(C)CN(C(=O)CN2CCN(C(=O)c3ccc(COc4ccccc4C#N)o3)CC2)C1. The third-order valence-corrected chi connectivity index (χ3v) is 6.49. The molecule has 2 aliphatic heterocycles. The van der Waals surface area contributed by atoms with Crippen LogP contribution >= 0.6 is 0 Å². The van der Waals surface area contributed by atoms with Crippen LogP contribution in [0.25, 0.3) is 0 Å². The van der Waals surface area contributed by atoms with Gasteiger partial charge < -0.3 is 19.0 Å². The first-order valence-corrected chi connectivity index (χ1v) is 11.9. The van der Waals surface area contributed by atoms with Gasteiger partial charge in [0.05, 0.1) is 12.1 Å². The fraction of sp³-hybridized carbons (Fsp3) is 0.500. The van der Waals surface area contributed by atoms with Crippen LogP contribution in [0, 0.1) is 23.2 Å². The molecule has 0 radical (unpaired) electrons. The van der Waals surface area contributed by atoms with Gasteiger partial charge in [0.2, 0.25) is 5.91 Å². The van der Waals surface area contributed by atoms with Gasteiger partial charge in [-0.1, -0.05) is 26.0 Å². The molecule has 0 saturated carbocycles. The monoisotopic (exact) mass is 464 g/mol. The summed E-state index contributed by atoms with van der Waals surface area (Å²) in [6.07, 6.45) is 1.18. The highest BCUT2D eigenvalue weighted by atomic mass is 16.5. The number of carbonyl (C=O) groups is 2. The number of piperazine rings is 1. The van der Waals surface area contributed by atoms with Crippen molar-refractivity contribution in [3.63, 3.8) is 0 Å². The van der Waals surface area contributed by atoms with E-state index in [1.54, 1.807) is 41.3 Å². The molecule has 0 N–H and O–H groups in total. The summed E-state index contributed by atoms with van der Waals surface area (Å²) in [6, 6.07) is 12.5. The van der Waals surface area contributed by atoms with Gasteiger partial charge in [-0.25, -0.2) is 0 Å². The smallest absolute Gasteiger partial charge is 0.289 e. The predicted octanol–water partition coefficient (Wildman–Crippen LogP) is 2.99. The number of amides is 2. The number of likely N-dealkylation sites (tertiary alicyclic amines) is 1. The third-order valence-electron chi connectivity index (χ3n) is 6.49. The molecule has 180 valence electrons. The zero-order valence-electron chi connectivity index (χ0n) is 19.9. The number of nitriles is 1. The van der Waals surface area contributed by atoms with Crippen LogP contribution < -0.4 is 4.74 Å². The maximum Gasteiger partial charge on any atom is 0.289 e. The van der Waals surface area contributed by atoms with Crippen LogP contribution in [0.4, 0.5) is 0 Å². The van der Waals surface area contributed by atoms with E-state index in [4.69, 9.17) is 14.4 Å². The Hall–Kier alpha value is -3.31. The van der Waals surface area contributed by atoms with Crippen molar-refractivity contribution < 1.29 is 18.7 Å². The number of nitrogens with zero attached hydrogens (tertiary/aromatic N) is 4. The molecule has 2 saturated heterocycles. The van der Waals surface area contributed by atoms with E-state index in [1.807, 2.05) is 4.90 Å². The minimum absolute atomic E-state index is 0.135. The van der Waals surface area contributed by atoms with Gasteiger partial charge in [-0.3, -0.25) is 14.5 Å². The average molecular weight is 465 g/mol. The van der Waals surface area contributed by atoms with E-state index in [0.717, 1.165) is 13.1 Å². The van der Waals surface area contributed by atoms with Gasteiger partial charge in [-0.15, -0.1) is 0 Å². The summed E-state index contributed by atoms with van der Waals surface area (Å²) >= 11 is 0. The number of hydrogen-bond donors (Lipinski definition) is 0. The van der Waals surface area contributed by atoms with Crippen molar-refractivity contribution in [3.8, 4) is 11.8 Å². The molecule has 2 unspecified atom stereocenters. The Bertz CT molecular complexity index is 1040. The quantitative estimate of drug-likeness (QED) is 0.653. The molecule has 0 spiro atoms. The molecule has 8 heteroatoms. The standard InChI is InChI=1S/C26H32N4O4/c1-19-13-20(2)16-30(15-19)25(31)17-28-9-11-29(12-10-28)26(32)24-8-7-22(34-24)18-33-23-6-4-3-5-21(23)14-27/h3-8,19-20H,9-13,15-18H2,1-2H3. The minimum atomic E-state index is -0.159. The molecule has 0 aliphatic carbocycles. The Kier molecular flexibility index (Phi) is 7.53. The Morgan fingerprint density at radius 3 is 2.44 bits per heavy atom. The first-order chi connectivity index (χ1) is 16.4. The van der Waals surface area contributed by atoms with Crippen molar-refractivity contribution in [1.82, 2.24) is 14.7 Å². The van der Waals surface area contributed by atoms with Crippen LogP contribution in [0.15, 0.2) is 40.8 Å². The number of para-hydroxylation sites is 1. The van der Waals surface area contributed by atoms with E-state index in [0.29, 0.717) is 61.6 Å². The molecule has 1 aromatic heterocycles. The Labute approximate surface area is 200 Å². The van der Waals surface area contributed by atoms with Crippen LogP contribution in [0.2, 0.25) is 0 Å². The summed E-state index contributed by atoms with van der Waals surface area (Å²) in [6.45, 7) is 9.08. The second-order valence-electron chi connectivity index (χ2n) is 9.48. The van der Waals surface area contributed by atoms with Gasteiger partial charge in [-0.2, -0.15) is 5.26 Å². The maximum absolute atomic E-state index is 12.9. The summed E-state index contributed by atoms with van der Waals surface area (Å²) in [7, 11) is 0. The van der Waals surface area contributed by atoms with Crippen molar-refractivity contribution >= 4 is 11.8 Å². The number of carbonyl (C=O) groups excluding carboxylic acids is 2. The van der Waals surface area contributed by atoms with E-state index in [9.17, 15) is 9.59 Å². The molecule has 2 aliphatic rings. The van der Waals surface area contributed by atoms with Crippen LogP contribution in [-0.2, 0) is 11.4 Å². The first kappa shape index (κ1) is 23.8. The zero-order chi connectivity index (χ0) is 24.1. The van der Waals surface area contributed by atoms with E-state index in [1.165, 1.54) is 6.42 Å². The first-order valence-electron chi connectivity index (χ1n) is 11.9. The molecule has 8 nitrogen and oxygen atoms in total. The second-order valence-corrected chi connectivity index (χ2v) is 9.48. The number of ether oxygens (including phenoxy) is 1. The van der Waals surface area contributed by atoms with Crippen molar-refractivity contribution in [1.29, 1.82) is 5.26 Å². The average Bonchev–Trinajstić information content (AvgIpc) is 3.31. The van der Waals surface area contributed by atoms with E-state index in [2.05, 4.69) is 24.8 Å². The summed E-state index contributed by atoms with van der Waals surface area (Å²) in [4.78, 5) is 31.5. The lowest BCUT2D eigenvalue weighted by atomic mass is 9.92. The van der Waals surface area contributed by atoms with Gasteiger partial charge >= 0.3 is 0 Å². The van der Waals surface area contributed by atoms with Crippen molar-refractivity contribution in [2.24, 2.45) is 11.8 Å². The van der Waals surface area contributed by atoms with Crippen LogP contribution in [0.3, 0.4) is 0 Å². The van der Waals surface area contributed by atoms with Crippen molar-refractivity contribution in [2.75, 3.05) is 45.8 Å². The summed E-state index contributed by atoms with van der Waals surface area (Å²) < 4.78 is 11.4. The molecule has 2 atom stereocenters. The molecule has 2 aromatic rings. The number of piperidine rings is 1. The predicted molar refractivity (Wildman–Crippen MR) is 126 cm³/mol. The summed E-state index contributed by atoms with van der Waals surface area (Å²) in [5.41, 5.74) is 0.450. The highest BCUT2D eigenvalue weighted by molar-refractivity contribution is 5.91. The number of rotatable bonds is 6. The van der Waals surface area contributed by atoms with E-state index < -0.39 is 0 Å².